The molecular weight excluding hydrogens is 336 g/mol. The van der Waals surface area contributed by atoms with Gasteiger partial charge in [-0.2, -0.15) is 5.10 Å². The summed E-state index contributed by atoms with van der Waals surface area (Å²) in [4.78, 5) is 17.0. The van der Waals surface area contributed by atoms with Crippen molar-refractivity contribution in [2.75, 3.05) is 21.3 Å². The maximum atomic E-state index is 12.5. The largest absolute Gasteiger partial charge is 0.496 e. The van der Waals surface area contributed by atoms with Crippen molar-refractivity contribution in [3.63, 3.8) is 0 Å². The summed E-state index contributed by atoms with van der Waals surface area (Å²) in [5.41, 5.74) is 1.09. The summed E-state index contributed by atoms with van der Waals surface area (Å²) in [5, 5.41) is 4.57. The lowest BCUT2D eigenvalue weighted by Crippen LogP contribution is -2.20. The number of benzene rings is 1. The molecule has 0 aliphatic carbocycles. The summed E-state index contributed by atoms with van der Waals surface area (Å²) in [6.07, 6.45) is 5.05. The molecule has 0 saturated heterocycles. The summed E-state index contributed by atoms with van der Waals surface area (Å²) in [7, 11) is 8.14. The molecule has 0 atom stereocenters. The highest BCUT2D eigenvalue weighted by molar-refractivity contribution is 5.78. The first kappa shape index (κ1) is 17.5. The predicted molar refractivity (Wildman–Crippen MR) is 98.8 cm³/mol. The second-order valence-corrected chi connectivity index (χ2v) is 5.62. The van der Waals surface area contributed by atoms with Gasteiger partial charge in [0.15, 0.2) is 5.65 Å². The van der Waals surface area contributed by atoms with Crippen molar-refractivity contribution in [2.24, 2.45) is 14.1 Å². The topological polar surface area (TPSA) is 80.4 Å². The van der Waals surface area contributed by atoms with E-state index >= 15 is 0 Å². The monoisotopic (exact) mass is 356 g/mol. The first-order valence-corrected chi connectivity index (χ1v) is 7.87. The molecule has 0 spiro atoms. The fourth-order valence-electron chi connectivity index (χ4n) is 2.69. The van der Waals surface area contributed by atoms with Gasteiger partial charge in [0.1, 0.15) is 28.5 Å². The van der Waals surface area contributed by atoms with Crippen molar-refractivity contribution in [1.29, 1.82) is 0 Å². The molecule has 2 aromatic heterocycles. The van der Waals surface area contributed by atoms with E-state index in [-0.39, 0.29) is 5.56 Å². The SMILES string of the molecule is COc1cc(OC)c(/C=C/c2nc3c(cnn3C)c(=O)n2C)c(OC)c1. The Balaban J connectivity index is 2.14. The van der Waals surface area contributed by atoms with Crippen molar-refractivity contribution in [3.8, 4) is 17.2 Å². The molecule has 0 aliphatic rings. The molecule has 0 aliphatic heterocycles. The Labute approximate surface area is 150 Å². The summed E-state index contributed by atoms with van der Waals surface area (Å²) in [6, 6.07) is 3.53. The fourth-order valence-corrected chi connectivity index (χ4v) is 2.69. The van der Waals surface area contributed by atoms with E-state index in [4.69, 9.17) is 14.2 Å². The highest BCUT2D eigenvalue weighted by Gasteiger charge is 2.13. The van der Waals surface area contributed by atoms with Gasteiger partial charge in [-0.3, -0.25) is 14.0 Å². The van der Waals surface area contributed by atoms with Gasteiger partial charge >= 0.3 is 0 Å². The molecule has 1 aromatic carbocycles. The van der Waals surface area contributed by atoms with E-state index in [2.05, 4.69) is 10.1 Å². The Morgan fingerprint density at radius 3 is 2.23 bits per heavy atom. The lowest BCUT2D eigenvalue weighted by Gasteiger charge is -2.12. The molecule has 3 aromatic rings. The molecule has 3 rings (SSSR count). The van der Waals surface area contributed by atoms with E-state index in [9.17, 15) is 4.79 Å². The molecule has 8 nitrogen and oxygen atoms in total. The summed E-state index contributed by atoms with van der Waals surface area (Å²) >= 11 is 0. The average molecular weight is 356 g/mol. The third-order valence-electron chi connectivity index (χ3n) is 4.16. The first-order valence-electron chi connectivity index (χ1n) is 7.87. The smallest absolute Gasteiger partial charge is 0.264 e. The van der Waals surface area contributed by atoms with Crippen molar-refractivity contribution in [3.05, 3.63) is 40.1 Å². The van der Waals surface area contributed by atoms with Gasteiger partial charge in [0.2, 0.25) is 0 Å². The van der Waals surface area contributed by atoms with Crippen LogP contribution in [0.5, 0.6) is 17.2 Å². The summed E-state index contributed by atoms with van der Waals surface area (Å²) in [5.74, 6) is 2.29. The zero-order chi connectivity index (χ0) is 18.8. The van der Waals surface area contributed by atoms with Crippen LogP contribution in [0.3, 0.4) is 0 Å². The number of aromatic nitrogens is 4. The van der Waals surface area contributed by atoms with Crippen LogP contribution in [0.15, 0.2) is 23.1 Å². The van der Waals surface area contributed by atoms with Crippen LogP contribution in [-0.2, 0) is 14.1 Å². The third kappa shape index (κ3) is 2.90. The van der Waals surface area contributed by atoms with Crippen molar-refractivity contribution >= 4 is 23.2 Å². The molecule has 2 heterocycles. The molecular formula is C18H20N4O4. The molecule has 0 unspecified atom stereocenters. The van der Waals surface area contributed by atoms with Gasteiger partial charge in [-0.05, 0) is 12.2 Å². The van der Waals surface area contributed by atoms with Crippen LogP contribution in [0.2, 0.25) is 0 Å². The highest BCUT2D eigenvalue weighted by atomic mass is 16.5. The Bertz CT molecular complexity index is 1020. The molecule has 0 fully saturated rings. The Kier molecular flexibility index (Phi) is 4.66. The van der Waals surface area contributed by atoms with E-state index < -0.39 is 0 Å². The van der Waals surface area contributed by atoms with Crippen LogP contribution in [0.25, 0.3) is 23.2 Å². The van der Waals surface area contributed by atoms with Gasteiger partial charge in [-0.25, -0.2) is 4.98 Å². The van der Waals surface area contributed by atoms with Crippen LogP contribution >= 0.6 is 0 Å². The Morgan fingerprint density at radius 1 is 1.00 bits per heavy atom. The molecule has 8 heteroatoms. The van der Waals surface area contributed by atoms with E-state index in [1.807, 2.05) is 0 Å². The number of hydrogen-bond donors (Lipinski definition) is 0. The van der Waals surface area contributed by atoms with Crippen LogP contribution < -0.4 is 19.8 Å². The van der Waals surface area contributed by atoms with E-state index in [0.29, 0.717) is 34.1 Å². The normalized spacial score (nSPS) is 11.3. The van der Waals surface area contributed by atoms with Crippen molar-refractivity contribution in [1.82, 2.24) is 19.3 Å². The number of ether oxygens (including phenoxy) is 3. The number of hydrogen-bond acceptors (Lipinski definition) is 6. The molecule has 136 valence electrons. The van der Waals surface area contributed by atoms with Gasteiger partial charge in [0, 0.05) is 26.2 Å². The van der Waals surface area contributed by atoms with Crippen molar-refractivity contribution in [2.45, 2.75) is 0 Å². The lowest BCUT2D eigenvalue weighted by atomic mass is 10.1. The minimum absolute atomic E-state index is 0.156. The van der Waals surface area contributed by atoms with Crippen LogP contribution in [-0.4, -0.2) is 40.7 Å². The third-order valence-corrected chi connectivity index (χ3v) is 4.16. The van der Waals surface area contributed by atoms with Crippen LogP contribution in [0, 0.1) is 0 Å². The Morgan fingerprint density at radius 2 is 1.65 bits per heavy atom. The van der Waals surface area contributed by atoms with E-state index in [1.54, 1.807) is 64.4 Å². The number of methoxy groups -OCH3 is 3. The second-order valence-electron chi connectivity index (χ2n) is 5.62. The standard InChI is InChI=1S/C18H20N4O4/c1-21-16(20-17-13(18(21)23)10-19-22(17)2)7-6-12-14(25-4)8-11(24-3)9-15(12)26-5/h6-10H,1-5H3/b7-6+. The van der Waals surface area contributed by atoms with E-state index in [1.165, 1.54) is 10.8 Å². The first-order chi connectivity index (χ1) is 12.5. The zero-order valence-electron chi connectivity index (χ0n) is 15.3. The molecule has 0 amide bonds. The van der Waals surface area contributed by atoms with Gasteiger partial charge in [-0.1, -0.05) is 0 Å². The number of rotatable bonds is 5. The minimum Gasteiger partial charge on any atom is -0.496 e. The van der Waals surface area contributed by atoms with Gasteiger partial charge in [-0.15, -0.1) is 0 Å². The van der Waals surface area contributed by atoms with Gasteiger partial charge < -0.3 is 14.2 Å². The predicted octanol–water partition coefficient (Wildman–Crippen LogP) is 1.86. The Hall–Kier alpha value is -3.29. The number of fused-ring (bicyclic) bond motifs is 1. The average Bonchev–Trinajstić information content (AvgIpc) is 3.03. The maximum Gasteiger partial charge on any atom is 0.264 e. The molecule has 0 radical (unpaired) electrons. The fraction of sp³-hybridized carbons (Fsp3) is 0.278. The minimum atomic E-state index is -0.156. The van der Waals surface area contributed by atoms with Crippen LogP contribution in [0.4, 0.5) is 0 Å². The molecule has 0 N–H and O–H groups in total. The van der Waals surface area contributed by atoms with Gasteiger partial charge in [0.05, 0.1) is 33.1 Å². The van der Waals surface area contributed by atoms with Crippen LogP contribution in [0.1, 0.15) is 11.4 Å². The molecule has 26 heavy (non-hydrogen) atoms. The zero-order valence-corrected chi connectivity index (χ0v) is 15.3. The molecule has 0 bridgehead atoms. The summed E-state index contributed by atoms with van der Waals surface area (Å²) in [6.45, 7) is 0. The van der Waals surface area contributed by atoms with E-state index in [0.717, 1.165) is 5.56 Å². The highest BCUT2D eigenvalue weighted by Crippen LogP contribution is 2.35. The number of aryl methyl sites for hydroxylation is 1. The summed E-state index contributed by atoms with van der Waals surface area (Å²) < 4.78 is 19.2. The quantitative estimate of drug-likeness (QED) is 0.694. The van der Waals surface area contributed by atoms with Crippen molar-refractivity contribution < 1.29 is 14.2 Å². The molecule has 0 saturated carbocycles. The van der Waals surface area contributed by atoms with Gasteiger partial charge in [0.25, 0.3) is 5.56 Å². The second kappa shape index (κ2) is 6.91. The lowest BCUT2D eigenvalue weighted by molar-refractivity contribution is 0.374. The maximum absolute atomic E-state index is 12.5. The number of nitrogens with zero attached hydrogens (tertiary/aromatic N) is 4.